The summed E-state index contributed by atoms with van der Waals surface area (Å²) < 4.78 is 22.8. The molecule has 7 heteroatoms. The molecule has 1 aliphatic heterocycles. The van der Waals surface area contributed by atoms with E-state index in [1.165, 1.54) is 5.56 Å². The molecule has 0 bridgehead atoms. The summed E-state index contributed by atoms with van der Waals surface area (Å²) in [6.45, 7) is 10.1. The number of fused-ring (bicyclic) bond motifs is 1. The van der Waals surface area contributed by atoms with Crippen molar-refractivity contribution in [1.29, 1.82) is 5.26 Å². The molecule has 3 rings (SSSR count). The minimum atomic E-state index is -0.698. The lowest BCUT2D eigenvalue weighted by Gasteiger charge is -2.37. The Balaban J connectivity index is 1.65. The number of aromatic nitrogens is 1. The highest BCUT2D eigenvalue weighted by Gasteiger charge is 2.38. The van der Waals surface area contributed by atoms with Crippen molar-refractivity contribution >= 4 is 0 Å². The van der Waals surface area contributed by atoms with E-state index in [0.717, 1.165) is 66.4 Å². The molecule has 1 aromatic carbocycles. The van der Waals surface area contributed by atoms with Gasteiger partial charge >= 0.3 is 0 Å². The van der Waals surface area contributed by atoms with E-state index >= 15 is 0 Å². The van der Waals surface area contributed by atoms with E-state index < -0.39 is 11.2 Å². The molecule has 0 aliphatic carbocycles. The number of hydrogen-bond acceptors (Lipinski definition) is 7. The molecule has 7 nitrogen and oxygen atoms in total. The Bertz CT molecular complexity index is 1060. The fraction of sp³-hybridized carbons (Fsp3) is 0.571. The van der Waals surface area contributed by atoms with Crippen molar-refractivity contribution in [3.8, 4) is 23.3 Å². The van der Waals surface area contributed by atoms with E-state index in [1.54, 1.807) is 14.2 Å². The first-order valence-electron chi connectivity index (χ1n) is 12.3. The second-order valence-corrected chi connectivity index (χ2v) is 9.75. The van der Waals surface area contributed by atoms with E-state index in [1.807, 2.05) is 39.1 Å². The standard InChI is InChI=1S/C28H39N3O4/c1-8-28(19-29,23-17-30-20(2)26-22(23)18-34-27(3,4)35-26)13-9-14-31(5)15-12-21-10-11-24(32-6)25(16-21)33-7/h10-11,16-17H,8-9,12-15,18H2,1-7H3. The highest BCUT2D eigenvalue weighted by Crippen LogP contribution is 2.42. The Morgan fingerprint density at radius 2 is 1.94 bits per heavy atom. The van der Waals surface area contributed by atoms with Crippen molar-refractivity contribution in [2.75, 3.05) is 34.4 Å². The number of hydrogen-bond donors (Lipinski definition) is 0. The number of rotatable bonds is 11. The van der Waals surface area contributed by atoms with Crippen molar-refractivity contribution in [2.24, 2.45) is 0 Å². The lowest BCUT2D eigenvalue weighted by molar-refractivity contribution is -0.181. The van der Waals surface area contributed by atoms with Crippen LogP contribution in [0.3, 0.4) is 0 Å². The summed E-state index contributed by atoms with van der Waals surface area (Å²) >= 11 is 0. The molecule has 0 saturated carbocycles. The van der Waals surface area contributed by atoms with Gasteiger partial charge in [0.1, 0.15) is 5.75 Å². The number of nitrogens with zero attached hydrogens (tertiary/aromatic N) is 3. The van der Waals surface area contributed by atoms with Crippen molar-refractivity contribution in [3.05, 3.63) is 46.8 Å². The molecule has 190 valence electrons. The van der Waals surface area contributed by atoms with Gasteiger partial charge in [-0.25, -0.2) is 0 Å². The van der Waals surface area contributed by atoms with Gasteiger partial charge in [-0.2, -0.15) is 5.26 Å². The van der Waals surface area contributed by atoms with Crippen molar-refractivity contribution in [1.82, 2.24) is 9.88 Å². The van der Waals surface area contributed by atoms with Gasteiger partial charge in [0.2, 0.25) is 5.79 Å². The molecule has 1 aliphatic rings. The smallest absolute Gasteiger partial charge is 0.205 e. The fourth-order valence-electron chi connectivity index (χ4n) is 4.67. The molecule has 0 fully saturated rings. The number of benzene rings is 1. The van der Waals surface area contributed by atoms with Gasteiger partial charge < -0.3 is 23.8 Å². The predicted octanol–water partition coefficient (Wildman–Crippen LogP) is 5.18. The van der Waals surface area contributed by atoms with E-state index in [0.29, 0.717) is 13.0 Å². The number of pyridine rings is 1. The highest BCUT2D eigenvalue weighted by molar-refractivity contribution is 5.48. The van der Waals surface area contributed by atoms with Crippen LogP contribution in [0, 0.1) is 18.3 Å². The van der Waals surface area contributed by atoms with Gasteiger partial charge in [-0.05, 0) is 69.5 Å². The molecular formula is C28H39N3O4. The molecule has 35 heavy (non-hydrogen) atoms. The second kappa shape index (κ2) is 11.3. The summed E-state index contributed by atoms with van der Waals surface area (Å²) in [5.41, 5.74) is 3.31. The Hall–Kier alpha value is -2.82. The maximum atomic E-state index is 10.3. The van der Waals surface area contributed by atoms with E-state index in [4.69, 9.17) is 18.9 Å². The molecule has 1 atom stereocenters. The first-order chi connectivity index (χ1) is 16.7. The molecule has 0 saturated heterocycles. The van der Waals surface area contributed by atoms with Gasteiger partial charge in [-0.15, -0.1) is 0 Å². The van der Waals surface area contributed by atoms with Gasteiger partial charge in [0.25, 0.3) is 0 Å². The summed E-state index contributed by atoms with van der Waals surface area (Å²) in [5, 5.41) is 10.3. The molecular weight excluding hydrogens is 442 g/mol. The van der Waals surface area contributed by atoms with Crippen LogP contribution in [0.15, 0.2) is 24.4 Å². The molecule has 2 aromatic rings. The van der Waals surface area contributed by atoms with Crippen LogP contribution in [0.25, 0.3) is 0 Å². The lowest BCUT2D eigenvalue weighted by Crippen LogP contribution is -2.38. The topological polar surface area (TPSA) is 76.8 Å². The van der Waals surface area contributed by atoms with Crippen LogP contribution in [0.1, 0.15) is 62.4 Å². The molecule has 0 amide bonds. The van der Waals surface area contributed by atoms with Gasteiger partial charge in [-0.3, -0.25) is 4.98 Å². The van der Waals surface area contributed by atoms with E-state index in [-0.39, 0.29) is 0 Å². The minimum absolute atomic E-state index is 0.426. The van der Waals surface area contributed by atoms with Crippen LogP contribution in [-0.2, 0) is 23.2 Å². The quantitative estimate of drug-likeness (QED) is 0.438. The Labute approximate surface area is 210 Å². The largest absolute Gasteiger partial charge is 0.493 e. The predicted molar refractivity (Wildman–Crippen MR) is 136 cm³/mol. The normalized spacial score (nSPS) is 16.1. The van der Waals surface area contributed by atoms with Crippen LogP contribution in [-0.4, -0.2) is 50.0 Å². The van der Waals surface area contributed by atoms with Crippen molar-refractivity contribution < 1.29 is 18.9 Å². The fourth-order valence-corrected chi connectivity index (χ4v) is 4.67. The van der Waals surface area contributed by atoms with Gasteiger partial charge in [0, 0.05) is 32.2 Å². The maximum absolute atomic E-state index is 10.3. The zero-order valence-electron chi connectivity index (χ0n) is 22.2. The molecule has 0 N–H and O–H groups in total. The summed E-state index contributed by atoms with van der Waals surface area (Å²) in [5.74, 6) is 1.56. The third-order valence-electron chi connectivity index (χ3n) is 6.93. The van der Waals surface area contributed by atoms with Crippen LogP contribution in [0.5, 0.6) is 17.2 Å². The summed E-state index contributed by atoms with van der Waals surface area (Å²) in [7, 11) is 5.43. The average Bonchev–Trinajstić information content (AvgIpc) is 2.85. The first kappa shape index (κ1) is 26.8. The summed E-state index contributed by atoms with van der Waals surface area (Å²) in [6.07, 6.45) is 5.13. The number of nitriles is 1. The van der Waals surface area contributed by atoms with Crippen molar-refractivity contribution in [3.63, 3.8) is 0 Å². The second-order valence-electron chi connectivity index (χ2n) is 9.75. The van der Waals surface area contributed by atoms with Crippen LogP contribution in [0.4, 0.5) is 0 Å². The van der Waals surface area contributed by atoms with E-state index in [2.05, 4.69) is 36.0 Å². The van der Waals surface area contributed by atoms with Crippen LogP contribution >= 0.6 is 0 Å². The molecule has 1 aromatic heterocycles. The zero-order chi connectivity index (χ0) is 25.6. The maximum Gasteiger partial charge on any atom is 0.205 e. The van der Waals surface area contributed by atoms with E-state index in [9.17, 15) is 5.26 Å². The number of aryl methyl sites for hydroxylation is 1. The molecule has 2 heterocycles. The minimum Gasteiger partial charge on any atom is -0.493 e. The SMILES string of the molecule is CCC(C#N)(CCCN(C)CCc1ccc(OC)c(OC)c1)c1cnc(C)c2c1COC(C)(C)O2. The number of methoxy groups -OCH3 is 2. The zero-order valence-corrected chi connectivity index (χ0v) is 22.2. The first-order valence-corrected chi connectivity index (χ1v) is 12.3. The number of likely N-dealkylation sites (N-methyl/N-ethyl adjacent to an activating group) is 1. The summed E-state index contributed by atoms with van der Waals surface area (Å²) in [4.78, 5) is 6.90. The Kier molecular flexibility index (Phi) is 8.63. The third-order valence-corrected chi connectivity index (χ3v) is 6.93. The summed E-state index contributed by atoms with van der Waals surface area (Å²) in [6, 6.07) is 8.68. The monoisotopic (exact) mass is 481 g/mol. The molecule has 1 unspecified atom stereocenters. The third kappa shape index (κ3) is 6.06. The van der Waals surface area contributed by atoms with Crippen molar-refractivity contribution in [2.45, 2.75) is 71.2 Å². The van der Waals surface area contributed by atoms with Gasteiger partial charge in [0.05, 0.1) is 38.0 Å². The van der Waals surface area contributed by atoms with Crippen LogP contribution in [0.2, 0.25) is 0 Å². The average molecular weight is 482 g/mol. The number of ether oxygens (including phenoxy) is 4. The van der Waals surface area contributed by atoms with Gasteiger partial charge in [-0.1, -0.05) is 13.0 Å². The Morgan fingerprint density at radius 1 is 1.20 bits per heavy atom. The molecule has 0 spiro atoms. The lowest BCUT2D eigenvalue weighted by atomic mass is 9.74. The van der Waals surface area contributed by atoms with Gasteiger partial charge in [0.15, 0.2) is 11.5 Å². The highest BCUT2D eigenvalue weighted by atomic mass is 16.7. The Morgan fingerprint density at radius 3 is 2.60 bits per heavy atom. The molecule has 0 radical (unpaired) electrons. The van der Waals surface area contributed by atoms with Crippen LogP contribution < -0.4 is 14.2 Å².